The minimum absolute atomic E-state index is 0.166. The molecule has 0 radical (unpaired) electrons. The van der Waals surface area contributed by atoms with E-state index in [-0.39, 0.29) is 12.4 Å². The summed E-state index contributed by atoms with van der Waals surface area (Å²) in [6.45, 7) is 2.15. The average Bonchev–Trinajstić information content (AvgIpc) is 2.55. The Bertz CT molecular complexity index is 406. The molecule has 0 saturated carbocycles. The van der Waals surface area contributed by atoms with Crippen LogP contribution in [0.4, 0.5) is 24.5 Å². The van der Waals surface area contributed by atoms with Gasteiger partial charge in [-0.15, -0.1) is 0 Å². The van der Waals surface area contributed by atoms with E-state index in [4.69, 9.17) is 11.6 Å². The molecule has 1 aromatic carbocycles. The maximum atomic E-state index is 12.7. The van der Waals surface area contributed by atoms with Gasteiger partial charge >= 0.3 is 6.30 Å². The highest BCUT2D eigenvalue weighted by Gasteiger charge is 2.43. The second-order valence-electron chi connectivity index (χ2n) is 3.53. The monoisotopic (exact) mass is 250 g/mol. The van der Waals surface area contributed by atoms with E-state index in [1.54, 1.807) is 11.0 Å². The molecular weight excluding hydrogens is 241 g/mol. The van der Waals surface area contributed by atoms with Gasteiger partial charge in [0.05, 0.1) is 18.0 Å². The van der Waals surface area contributed by atoms with E-state index in [9.17, 15) is 13.2 Å². The number of halogens is 4. The van der Waals surface area contributed by atoms with Crippen LogP contribution in [0.2, 0.25) is 5.02 Å². The number of rotatable bonds is 1. The van der Waals surface area contributed by atoms with Gasteiger partial charge < -0.3 is 4.90 Å². The molecule has 1 aliphatic rings. The third-order valence-corrected chi connectivity index (χ3v) is 2.80. The number of hydrogen-bond acceptors (Lipinski definition) is 2. The lowest BCUT2D eigenvalue weighted by Crippen LogP contribution is -2.40. The van der Waals surface area contributed by atoms with Gasteiger partial charge in [-0.2, -0.15) is 13.2 Å². The van der Waals surface area contributed by atoms with Crippen molar-refractivity contribution in [2.24, 2.45) is 0 Å². The van der Waals surface area contributed by atoms with Crippen molar-refractivity contribution in [2.45, 2.75) is 13.2 Å². The van der Waals surface area contributed by atoms with Crippen molar-refractivity contribution in [1.29, 1.82) is 0 Å². The summed E-state index contributed by atoms with van der Waals surface area (Å²) in [6, 6.07) is 4.44. The average molecular weight is 251 g/mol. The van der Waals surface area contributed by atoms with Crippen LogP contribution in [0, 0.1) is 0 Å². The van der Waals surface area contributed by atoms with E-state index in [1.807, 2.05) is 6.92 Å². The van der Waals surface area contributed by atoms with Gasteiger partial charge in [0.2, 0.25) is 0 Å². The summed E-state index contributed by atoms with van der Waals surface area (Å²) < 4.78 is 38.1. The Morgan fingerprint density at radius 1 is 1.31 bits per heavy atom. The zero-order valence-electron chi connectivity index (χ0n) is 8.55. The second-order valence-corrected chi connectivity index (χ2v) is 3.96. The SMILES string of the molecule is CCN1CN(C(F)(F)F)c2ccc(Cl)cc21. The van der Waals surface area contributed by atoms with E-state index in [0.717, 1.165) is 0 Å². The number of alkyl halides is 3. The van der Waals surface area contributed by atoms with E-state index >= 15 is 0 Å². The van der Waals surface area contributed by atoms with Crippen LogP contribution < -0.4 is 9.80 Å². The molecular formula is C10H10ClF3N2. The summed E-state index contributed by atoms with van der Waals surface area (Å²) in [5, 5.41) is 0.446. The summed E-state index contributed by atoms with van der Waals surface area (Å²) in [4.78, 5) is 2.05. The molecule has 88 valence electrons. The van der Waals surface area contributed by atoms with Crippen LogP contribution in [0.5, 0.6) is 0 Å². The molecule has 1 heterocycles. The lowest BCUT2D eigenvalue weighted by atomic mass is 10.2. The number of anilines is 2. The molecule has 16 heavy (non-hydrogen) atoms. The predicted molar refractivity (Wildman–Crippen MR) is 57.9 cm³/mol. The maximum absolute atomic E-state index is 12.7. The van der Waals surface area contributed by atoms with Crippen molar-refractivity contribution in [3.05, 3.63) is 23.2 Å². The molecule has 0 spiro atoms. The van der Waals surface area contributed by atoms with Crippen LogP contribution in [0.25, 0.3) is 0 Å². The van der Waals surface area contributed by atoms with Crippen LogP contribution >= 0.6 is 11.6 Å². The molecule has 6 heteroatoms. The Morgan fingerprint density at radius 3 is 2.56 bits per heavy atom. The topological polar surface area (TPSA) is 6.48 Å². The first kappa shape index (κ1) is 11.4. The standard InChI is InChI=1S/C10H10ClF3N2/c1-2-15-6-16(10(12,13)14)8-4-3-7(11)5-9(8)15/h3-5H,2,6H2,1H3. The van der Waals surface area contributed by atoms with E-state index in [1.165, 1.54) is 12.1 Å². The van der Waals surface area contributed by atoms with Gasteiger partial charge in [0.25, 0.3) is 0 Å². The van der Waals surface area contributed by atoms with Crippen molar-refractivity contribution >= 4 is 23.0 Å². The van der Waals surface area contributed by atoms with Crippen LogP contribution in [0.15, 0.2) is 18.2 Å². The molecule has 0 unspecified atom stereocenters. The van der Waals surface area contributed by atoms with Gasteiger partial charge in [-0.3, -0.25) is 4.90 Å². The third-order valence-electron chi connectivity index (χ3n) is 2.57. The largest absolute Gasteiger partial charge is 0.486 e. The molecule has 0 aromatic heterocycles. The van der Waals surface area contributed by atoms with Crippen molar-refractivity contribution in [3.8, 4) is 0 Å². The fourth-order valence-corrected chi connectivity index (χ4v) is 1.95. The fraction of sp³-hybridized carbons (Fsp3) is 0.400. The molecule has 0 bridgehead atoms. The smallest absolute Gasteiger partial charge is 0.352 e. The Kier molecular flexibility index (Phi) is 2.66. The Morgan fingerprint density at radius 2 is 2.00 bits per heavy atom. The van der Waals surface area contributed by atoms with Crippen molar-refractivity contribution in [1.82, 2.24) is 0 Å². The lowest BCUT2D eigenvalue weighted by Gasteiger charge is -2.22. The lowest BCUT2D eigenvalue weighted by molar-refractivity contribution is -0.128. The summed E-state index contributed by atoms with van der Waals surface area (Å²) >= 11 is 5.78. The van der Waals surface area contributed by atoms with Gasteiger partial charge in [0, 0.05) is 11.6 Å². The van der Waals surface area contributed by atoms with Crippen molar-refractivity contribution < 1.29 is 13.2 Å². The van der Waals surface area contributed by atoms with E-state index in [0.29, 0.717) is 22.2 Å². The van der Waals surface area contributed by atoms with Crippen LogP contribution in [-0.2, 0) is 0 Å². The molecule has 1 aliphatic heterocycles. The van der Waals surface area contributed by atoms with Gasteiger partial charge in [-0.05, 0) is 25.1 Å². The summed E-state index contributed by atoms with van der Waals surface area (Å²) in [5.74, 6) is 0. The Labute approximate surface area is 96.2 Å². The number of nitrogens with zero attached hydrogens (tertiary/aromatic N) is 2. The molecule has 0 amide bonds. The van der Waals surface area contributed by atoms with E-state index < -0.39 is 6.30 Å². The highest BCUT2D eigenvalue weighted by Crippen LogP contribution is 2.42. The summed E-state index contributed by atoms with van der Waals surface area (Å²) in [7, 11) is 0. The highest BCUT2D eigenvalue weighted by atomic mass is 35.5. The summed E-state index contributed by atoms with van der Waals surface area (Å²) in [6.07, 6.45) is -4.35. The van der Waals surface area contributed by atoms with Gasteiger partial charge in [-0.1, -0.05) is 11.6 Å². The molecule has 0 fully saturated rings. The Balaban J connectivity index is 2.46. The van der Waals surface area contributed by atoms with Crippen LogP contribution in [-0.4, -0.2) is 19.5 Å². The number of benzene rings is 1. The van der Waals surface area contributed by atoms with Crippen molar-refractivity contribution in [2.75, 3.05) is 23.0 Å². The minimum Gasteiger partial charge on any atom is -0.352 e. The number of hydrogen-bond donors (Lipinski definition) is 0. The number of fused-ring (bicyclic) bond motifs is 1. The normalized spacial score (nSPS) is 15.6. The molecule has 2 rings (SSSR count). The van der Waals surface area contributed by atoms with Gasteiger partial charge in [0.15, 0.2) is 0 Å². The third kappa shape index (κ3) is 1.80. The van der Waals surface area contributed by atoms with Crippen LogP contribution in [0.1, 0.15) is 6.92 Å². The predicted octanol–water partition coefficient (Wildman–Crippen LogP) is 3.46. The first-order valence-electron chi connectivity index (χ1n) is 4.82. The quantitative estimate of drug-likeness (QED) is 0.705. The van der Waals surface area contributed by atoms with E-state index in [2.05, 4.69) is 0 Å². The maximum Gasteiger partial charge on any atom is 0.486 e. The zero-order valence-corrected chi connectivity index (χ0v) is 9.31. The molecule has 0 aliphatic carbocycles. The summed E-state index contributed by atoms with van der Waals surface area (Å²) in [5.41, 5.74) is 0.700. The zero-order chi connectivity index (χ0) is 11.9. The van der Waals surface area contributed by atoms with Crippen molar-refractivity contribution in [3.63, 3.8) is 0 Å². The molecule has 0 atom stereocenters. The molecule has 2 nitrogen and oxygen atoms in total. The first-order valence-corrected chi connectivity index (χ1v) is 5.20. The van der Waals surface area contributed by atoms with Gasteiger partial charge in [-0.25, -0.2) is 0 Å². The molecule has 0 saturated heterocycles. The molecule has 0 N–H and O–H groups in total. The highest BCUT2D eigenvalue weighted by molar-refractivity contribution is 6.31. The van der Waals surface area contributed by atoms with Gasteiger partial charge in [0.1, 0.15) is 0 Å². The first-order chi connectivity index (χ1) is 7.43. The van der Waals surface area contributed by atoms with Crippen LogP contribution in [0.3, 0.4) is 0 Å². The second kappa shape index (κ2) is 3.73. The Hall–Kier alpha value is -1.10. The molecule has 1 aromatic rings. The fourth-order valence-electron chi connectivity index (χ4n) is 1.79. The minimum atomic E-state index is -4.35.